The van der Waals surface area contributed by atoms with E-state index in [1.807, 2.05) is 0 Å². The first kappa shape index (κ1) is 20.1. The molecule has 1 aromatic rings. The normalized spacial score (nSPS) is 15.4. The van der Waals surface area contributed by atoms with Crippen molar-refractivity contribution in [2.24, 2.45) is 0 Å². The van der Waals surface area contributed by atoms with Crippen molar-refractivity contribution in [1.29, 1.82) is 0 Å². The Labute approximate surface area is 157 Å². The fraction of sp³-hybridized carbons (Fsp3) is 0.500. The summed E-state index contributed by atoms with van der Waals surface area (Å²) < 4.78 is 7.89. The molecule has 3 N–H and O–H groups in total. The van der Waals surface area contributed by atoms with Crippen molar-refractivity contribution in [2.45, 2.75) is 51.2 Å². The molecule has 1 aliphatic rings. The Morgan fingerprint density at radius 2 is 1.73 bits per heavy atom. The number of benzene rings is 1. The molecule has 7 nitrogen and oxygen atoms in total. The molecular formula is C18H25N3O4S. The highest BCUT2D eigenvalue weighted by Crippen LogP contribution is 2.33. The number of rotatable bonds is 5. The van der Waals surface area contributed by atoms with E-state index in [9.17, 15) is 14.4 Å². The van der Waals surface area contributed by atoms with Gasteiger partial charge in [-0.15, -0.1) is 0 Å². The minimum Gasteiger partial charge on any atom is -0.444 e. The molecule has 3 amide bonds. The summed E-state index contributed by atoms with van der Waals surface area (Å²) in [5, 5.41) is 5.52. The highest BCUT2D eigenvalue weighted by Gasteiger charge is 2.46. The van der Waals surface area contributed by atoms with E-state index in [4.69, 9.17) is 4.74 Å². The van der Waals surface area contributed by atoms with Crippen LogP contribution in [0.15, 0.2) is 24.3 Å². The van der Waals surface area contributed by atoms with E-state index in [1.165, 1.54) is 11.9 Å². The smallest absolute Gasteiger partial charge is 0.408 e. The number of ether oxygens (including phenoxy) is 1. The van der Waals surface area contributed by atoms with Crippen molar-refractivity contribution in [3.63, 3.8) is 0 Å². The molecule has 0 unspecified atom stereocenters. The SMILES string of the molecule is CSNC(=O)c1ccc(NC(=O)C2(NC(=O)OC(C)(C)C)CCC2)cc1. The number of hydrogen-bond donors (Lipinski definition) is 3. The lowest BCUT2D eigenvalue weighted by Crippen LogP contribution is -2.61. The van der Waals surface area contributed by atoms with Crippen LogP contribution in [0.3, 0.4) is 0 Å². The van der Waals surface area contributed by atoms with Crippen LogP contribution in [0, 0.1) is 0 Å². The first-order valence-corrected chi connectivity index (χ1v) is 9.64. The lowest BCUT2D eigenvalue weighted by atomic mass is 9.76. The minimum absolute atomic E-state index is 0.197. The molecule has 0 aliphatic heterocycles. The van der Waals surface area contributed by atoms with Gasteiger partial charge in [0.15, 0.2) is 0 Å². The number of alkyl carbamates (subject to hydrolysis) is 1. The van der Waals surface area contributed by atoms with Crippen LogP contribution >= 0.6 is 11.9 Å². The molecule has 0 bridgehead atoms. The van der Waals surface area contributed by atoms with Crippen LogP contribution in [0.1, 0.15) is 50.4 Å². The summed E-state index contributed by atoms with van der Waals surface area (Å²) in [7, 11) is 0. The van der Waals surface area contributed by atoms with Crippen molar-refractivity contribution in [3.05, 3.63) is 29.8 Å². The van der Waals surface area contributed by atoms with Gasteiger partial charge < -0.3 is 15.4 Å². The van der Waals surface area contributed by atoms with Gasteiger partial charge in [0.05, 0.1) is 0 Å². The second-order valence-electron chi connectivity index (χ2n) is 7.23. The molecule has 1 saturated carbocycles. The predicted octanol–water partition coefficient (Wildman–Crippen LogP) is 3.08. The van der Waals surface area contributed by atoms with Crippen molar-refractivity contribution < 1.29 is 19.1 Å². The van der Waals surface area contributed by atoms with Gasteiger partial charge in [0.1, 0.15) is 11.1 Å². The average Bonchev–Trinajstić information content (AvgIpc) is 2.50. The molecule has 2 rings (SSSR count). The Kier molecular flexibility index (Phi) is 6.17. The zero-order valence-electron chi connectivity index (χ0n) is 15.5. The summed E-state index contributed by atoms with van der Waals surface area (Å²) >= 11 is 1.22. The Bertz CT molecular complexity index is 679. The third-order valence-electron chi connectivity index (χ3n) is 3.98. The molecule has 0 spiro atoms. The van der Waals surface area contributed by atoms with Crippen molar-refractivity contribution >= 4 is 35.5 Å². The second kappa shape index (κ2) is 7.99. The Morgan fingerprint density at radius 3 is 2.19 bits per heavy atom. The first-order chi connectivity index (χ1) is 12.1. The van der Waals surface area contributed by atoms with E-state index in [2.05, 4.69) is 15.4 Å². The number of amides is 3. The van der Waals surface area contributed by atoms with Gasteiger partial charge in [0, 0.05) is 17.5 Å². The van der Waals surface area contributed by atoms with Gasteiger partial charge in [-0.3, -0.25) is 14.3 Å². The van der Waals surface area contributed by atoms with E-state index in [-0.39, 0.29) is 11.8 Å². The summed E-state index contributed by atoms with van der Waals surface area (Å²) in [6.07, 6.45) is 3.15. The molecule has 1 aliphatic carbocycles. The van der Waals surface area contributed by atoms with E-state index < -0.39 is 17.2 Å². The monoisotopic (exact) mass is 379 g/mol. The average molecular weight is 379 g/mol. The van der Waals surface area contributed by atoms with Crippen LogP contribution in [-0.4, -0.2) is 35.3 Å². The number of carbonyl (C=O) groups excluding carboxylic acids is 3. The topological polar surface area (TPSA) is 96.5 Å². The summed E-state index contributed by atoms with van der Waals surface area (Å²) in [4.78, 5) is 36.5. The standard InChI is InChI=1S/C18H25N3O4S/c1-17(2,3)25-16(24)20-18(10-5-11-18)15(23)19-13-8-6-12(7-9-13)14(22)21-26-4/h6-9H,5,10-11H2,1-4H3,(H,19,23)(H,20,24)(H,21,22). The summed E-state index contributed by atoms with van der Waals surface area (Å²) in [5.74, 6) is -0.478. The van der Waals surface area contributed by atoms with Gasteiger partial charge >= 0.3 is 6.09 Å². The lowest BCUT2D eigenvalue weighted by Gasteiger charge is -2.40. The number of carbonyl (C=O) groups is 3. The van der Waals surface area contributed by atoms with E-state index >= 15 is 0 Å². The molecule has 0 aromatic heterocycles. The predicted molar refractivity (Wildman–Crippen MR) is 102 cm³/mol. The van der Waals surface area contributed by atoms with Crippen LogP contribution in [0.25, 0.3) is 0 Å². The van der Waals surface area contributed by atoms with Crippen LogP contribution in [0.4, 0.5) is 10.5 Å². The summed E-state index contributed by atoms with van der Waals surface area (Å²) in [6, 6.07) is 6.59. The molecule has 142 valence electrons. The molecule has 1 aromatic carbocycles. The van der Waals surface area contributed by atoms with Crippen LogP contribution in [-0.2, 0) is 9.53 Å². The fourth-order valence-electron chi connectivity index (χ4n) is 2.55. The Morgan fingerprint density at radius 1 is 1.12 bits per heavy atom. The molecule has 26 heavy (non-hydrogen) atoms. The molecule has 0 saturated heterocycles. The minimum atomic E-state index is -0.947. The molecule has 0 heterocycles. The number of hydrogen-bond acceptors (Lipinski definition) is 5. The first-order valence-electron chi connectivity index (χ1n) is 8.41. The van der Waals surface area contributed by atoms with Crippen LogP contribution < -0.4 is 15.4 Å². The maximum Gasteiger partial charge on any atom is 0.408 e. The Hall–Kier alpha value is -2.22. The summed E-state index contributed by atoms with van der Waals surface area (Å²) in [5.41, 5.74) is -0.508. The lowest BCUT2D eigenvalue weighted by molar-refractivity contribution is -0.125. The number of nitrogens with one attached hydrogen (secondary N) is 3. The largest absolute Gasteiger partial charge is 0.444 e. The number of anilines is 1. The molecule has 1 fully saturated rings. The maximum atomic E-state index is 12.7. The van der Waals surface area contributed by atoms with Gasteiger partial charge in [-0.1, -0.05) is 11.9 Å². The molecule has 0 radical (unpaired) electrons. The summed E-state index contributed by atoms with van der Waals surface area (Å²) in [6.45, 7) is 5.32. The highest BCUT2D eigenvalue weighted by molar-refractivity contribution is 7.97. The zero-order valence-corrected chi connectivity index (χ0v) is 16.3. The van der Waals surface area contributed by atoms with Crippen molar-refractivity contribution in [3.8, 4) is 0 Å². The van der Waals surface area contributed by atoms with Gasteiger partial charge in [-0.25, -0.2) is 4.79 Å². The molecule has 8 heteroatoms. The van der Waals surface area contributed by atoms with Crippen LogP contribution in [0.2, 0.25) is 0 Å². The maximum absolute atomic E-state index is 12.7. The van der Waals surface area contributed by atoms with Crippen molar-refractivity contribution in [2.75, 3.05) is 11.6 Å². The van der Waals surface area contributed by atoms with Crippen molar-refractivity contribution in [1.82, 2.24) is 10.0 Å². The zero-order chi connectivity index (χ0) is 19.4. The van der Waals surface area contributed by atoms with E-state index in [0.29, 0.717) is 24.1 Å². The van der Waals surface area contributed by atoms with Gasteiger partial charge in [-0.05, 0) is 64.3 Å². The third kappa shape index (κ3) is 5.14. The van der Waals surface area contributed by atoms with E-state index in [0.717, 1.165) is 6.42 Å². The molecule has 0 atom stereocenters. The fourth-order valence-corrected chi connectivity index (χ4v) is 2.85. The second-order valence-corrected chi connectivity index (χ2v) is 7.84. The third-order valence-corrected chi connectivity index (χ3v) is 4.37. The van der Waals surface area contributed by atoms with Gasteiger partial charge in [0.2, 0.25) is 5.91 Å². The Balaban J connectivity index is 2.00. The van der Waals surface area contributed by atoms with Gasteiger partial charge in [0.25, 0.3) is 5.91 Å². The molecular weight excluding hydrogens is 354 g/mol. The highest BCUT2D eigenvalue weighted by atomic mass is 32.2. The quantitative estimate of drug-likeness (QED) is 0.683. The van der Waals surface area contributed by atoms with Gasteiger partial charge in [-0.2, -0.15) is 0 Å². The van der Waals surface area contributed by atoms with Crippen LogP contribution in [0.5, 0.6) is 0 Å². The van der Waals surface area contributed by atoms with E-state index in [1.54, 1.807) is 51.3 Å².